The minimum atomic E-state index is -1.00. The summed E-state index contributed by atoms with van der Waals surface area (Å²) >= 11 is 0. The number of hydrogen-bond acceptors (Lipinski definition) is 5. The first kappa shape index (κ1) is 27.6. The van der Waals surface area contributed by atoms with Crippen LogP contribution in [0.1, 0.15) is 64.6 Å². The van der Waals surface area contributed by atoms with Gasteiger partial charge in [-0.2, -0.15) is 0 Å². The maximum Gasteiger partial charge on any atom is 0.411 e. The summed E-state index contributed by atoms with van der Waals surface area (Å²) in [6.45, 7) is 9.48. The van der Waals surface area contributed by atoms with Gasteiger partial charge in [-0.25, -0.2) is 4.79 Å². The second-order valence-corrected chi connectivity index (χ2v) is 11.7. The van der Waals surface area contributed by atoms with Crippen molar-refractivity contribution in [2.45, 2.75) is 76.9 Å². The van der Waals surface area contributed by atoms with Gasteiger partial charge in [0.2, 0.25) is 0 Å². The lowest BCUT2D eigenvalue weighted by molar-refractivity contribution is -0.101. The molecule has 1 aliphatic heterocycles. The first-order chi connectivity index (χ1) is 17.8. The van der Waals surface area contributed by atoms with Crippen LogP contribution in [0.25, 0.3) is 11.1 Å². The number of benzene rings is 2. The third kappa shape index (κ3) is 6.34. The van der Waals surface area contributed by atoms with Gasteiger partial charge >= 0.3 is 6.09 Å². The fourth-order valence-electron chi connectivity index (χ4n) is 5.27. The van der Waals surface area contributed by atoms with Crippen molar-refractivity contribution in [2.75, 3.05) is 6.54 Å². The van der Waals surface area contributed by atoms with Gasteiger partial charge < -0.3 is 24.4 Å². The maximum absolute atomic E-state index is 13.3. The summed E-state index contributed by atoms with van der Waals surface area (Å²) in [6.07, 6.45) is 2.23. The highest BCUT2D eigenvalue weighted by atomic mass is 16.6. The highest BCUT2D eigenvalue weighted by Crippen LogP contribution is 2.42. The number of pyridine rings is 1. The molecule has 1 aliphatic rings. The highest BCUT2D eigenvalue weighted by Gasteiger charge is 2.46. The molecular weight excluding hydrogens is 480 g/mol. The fraction of sp³-hybridized carbons (Fsp3) is 0.419. The Morgan fingerprint density at radius 3 is 2.11 bits per heavy atom. The number of hydrogen-bond donors (Lipinski definition) is 2. The summed E-state index contributed by atoms with van der Waals surface area (Å²) < 4.78 is 7.64. The monoisotopic (exact) mass is 518 g/mol. The maximum atomic E-state index is 13.3. The van der Waals surface area contributed by atoms with Gasteiger partial charge in [0.25, 0.3) is 5.56 Å². The van der Waals surface area contributed by atoms with Crippen LogP contribution in [-0.2, 0) is 16.9 Å². The molecule has 2 aromatic carbocycles. The Morgan fingerprint density at radius 1 is 0.895 bits per heavy atom. The minimum Gasteiger partial charge on any atom is -0.438 e. The molecule has 0 saturated carbocycles. The number of rotatable bonds is 8. The molecule has 1 aromatic heterocycles. The van der Waals surface area contributed by atoms with Crippen LogP contribution in [0, 0.1) is 0 Å². The molecule has 1 amide bonds. The second kappa shape index (κ2) is 10.4. The molecule has 4 rings (SSSR count). The molecule has 1 fully saturated rings. The lowest BCUT2D eigenvalue weighted by Gasteiger charge is -2.45. The summed E-state index contributed by atoms with van der Waals surface area (Å²) in [6, 6.07) is 20.6. The Hall–Kier alpha value is -3.42. The Morgan fingerprint density at radius 2 is 1.53 bits per heavy atom. The normalized spacial score (nSPS) is 19.2. The smallest absolute Gasteiger partial charge is 0.411 e. The molecule has 2 atom stereocenters. The van der Waals surface area contributed by atoms with Gasteiger partial charge in [-0.05, 0) is 62.9 Å². The number of carbonyl (C=O) groups is 1. The third-order valence-electron chi connectivity index (χ3n) is 7.03. The number of carbonyl (C=O) groups excluding carboxylic acids is 1. The van der Waals surface area contributed by atoms with Crippen molar-refractivity contribution >= 4 is 6.09 Å². The van der Waals surface area contributed by atoms with E-state index in [1.807, 2.05) is 61.5 Å². The molecule has 2 N–H and O–H groups in total. The lowest BCUT2D eigenvalue weighted by atomic mass is 9.80. The highest BCUT2D eigenvalue weighted by molar-refractivity contribution is 5.70. The van der Waals surface area contributed by atoms with Gasteiger partial charge in [0.05, 0.1) is 23.8 Å². The molecule has 7 heteroatoms. The zero-order valence-electron chi connectivity index (χ0n) is 22.8. The average molecular weight is 519 g/mol. The number of ether oxygens (including phenoxy) is 1. The number of nitrogens with zero attached hydrogens (tertiary/aromatic N) is 2. The summed E-state index contributed by atoms with van der Waals surface area (Å²) in [5.74, 6) is 0. The molecule has 0 spiro atoms. The van der Waals surface area contributed by atoms with Gasteiger partial charge in [0.1, 0.15) is 5.60 Å². The Kier molecular flexibility index (Phi) is 7.55. The molecule has 7 nitrogen and oxygen atoms in total. The standard InChI is InChI=1S/C31H38N2O5/c1-22(23-11-13-24(14-12-23)25-15-16-27(34)32(19-25)21-30(4,5)37)33-18-17-31(38-28(33)35,20-29(2,3)36)26-9-7-6-8-10-26/h6-16,19,22,36-37H,17-18,20-21H2,1-5H3/t22-,31-/m0/s1. The number of aliphatic hydroxyl groups is 2. The molecule has 1 saturated heterocycles. The van der Waals surface area contributed by atoms with E-state index in [0.29, 0.717) is 19.4 Å². The van der Waals surface area contributed by atoms with Crippen LogP contribution in [0.5, 0.6) is 0 Å². The largest absolute Gasteiger partial charge is 0.438 e. The van der Waals surface area contributed by atoms with Crippen molar-refractivity contribution in [1.29, 1.82) is 0 Å². The van der Waals surface area contributed by atoms with Crippen LogP contribution in [0.15, 0.2) is 77.7 Å². The van der Waals surface area contributed by atoms with Gasteiger partial charge in [-0.15, -0.1) is 0 Å². The van der Waals surface area contributed by atoms with E-state index in [-0.39, 0.29) is 18.1 Å². The molecule has 3 aromatic rings. The molecular formula is C31H38N2O5. The molecule has 202 valence electrons. The van der Waals surface area contributed by atoms with E-state index in [4.69, 9.17) is 4.74 Å². The van der Waals surface area contributed by atoms with Crippen molar-refractivity contribution < 1.29 is 19.7 Å². The summed E-state index contributed by atoms with van der Waals surface area (Å²) in [4.78, 5) is 27.3. The Balaban J connectivity index is 1.52. The molecule has 2 heterocycles. The van der Waals surface area contributed by atoms with E-state index in [0.717, 1.165) is 22.3 Å². The van der Waals surface area contributed by atoms with Gasteiger partial charge in [-0.3, -0.25) is 4.79 Å². The fourth-order valence-corrected chi connectivity index (χ4v) is 5.27. The Bertz CT molecular complexity index is 1320. The van der Waals surface area contributed by atoms with Crippen molar-refractivity contribution in [2.24, 2.45) is 0 Å². The van der Waals surface area contributed by atoms with Gasteiger partial charge in [0.15, 0.2) is 0 Å². The lowest BCUT2D eigenvalue weighted by Crippen LogP contribution is -2.51. The predicted molar refractivity (Wildman–Crippen MR) is 148 cm³/mol. The SMILES string of the molecule is C[C@@H](c1ccc(-c2ccc(=O)n(CC(C)(C)O)c2)cc1)N1CC[C@](CC(C)(C)O)(c2ccccc2)OC1=O. The van der Waals surface area contributed by atoms with Crippen LogP contribution in [0.3, 0.4) is 0 Å². The second-order valence-electron chi connectivity index (χ2n) is 11.7. The van der Waals surface area contributed by atoms with E-state index < -0.39 is 22.9 Å². The van der Waals surface area contributed by atoms with E-state index >= 15 is 0 Å². The minimum absolute atomic E-state index is 0.166. The van der Waals surface area contributed by atoms with E-state index in [2.05, 4.69) is 0 Å². The first-order valence-electron chi connectivity index (χ1n) is 13.1. The van der Waals surface area contributed by atoms with Crippen LogP contribution in [0.4, 0.5) is 4.79 Å². The van der Waals surface area contributed by atoms with E-state index in [1.54, 1.807) is 44.9 Å². The quantitative estimate of drug-likeness (QED) is 0.425. The van der Waals surface area contributed by atoms with Crippen LogP contribution < -0.4 is 5.56 Å². The van der Waals surface area contributed by atoms with E-state index in [9.17, 15) is 19.8 Å². The molecule has 0 bridgehead atoms. The summed E-state index contributed by atoms with van der Waals surface area (Å²) in [7, 11) is 0. The van der Waals surface area contributed by atoms with Gasteiger partial charge in [0, 0.05) is 31.6 Å². The topological polar surface area (TPSA) is 92.0 Å². The van der Waals surface area contributed by atoms with E-state index in [1.165, 1.54) is 10.6 Å². The molecule has 0 aliphatic carbocycles. The van der Waals surface area contributed by atoms with Gasteiger partial charge in [-0.1, -0.05) is 54.6 Å². The molecule has 38 heavy (non-hydrogen) atoms. The first-order valence-corrected chi connectivity index (χ1v) is 13.1. The van der Waals surface area contributed by atoms with Crippen LogP contribution >= 0.6 is 0 Å². The Labute approximate surface area is 224 Å². The zero-order chi connectivity index (χ0) is 27.7. The zero-order valence-corrected chi connectivity index (χ0v) is 22.8. The molecule has 0 unspecified atom stereocenters. The van der Waals surface area contributed by atoms with Crippen molar-refractivity contribution in [1.82, 2.24) is 9.47 Å². The van der Waals surface area contributed by atoms with Crippen LogP contribution in [-0.4, -0.2) is 43.5 Å². The average Bonchev–Trinajstić information content (AvgIpc) is 2.84. The summed E-state index contributed by atoms with van der Waals surface area (Å²) in [5.41, 5.74) is 0.585. The number of amides is 1. The summed E-state index contributed by atoms with van der Waals surface area (Å²) in [5, 5.41) is 20.7. The van der Waals surface area contributed by atoms with Crippen molar-refractivity contribution in [3.05, 3.63) is 94.4 Å². The number of aromatic nitrogens is 1. The third-order valence-corrected chi connectivity index (χ3v) is 7.03. The van der Waals surface area contributed by atoms with Crippen molar-refractivity contribution in [3.63, 3.8) is 0 Å². The molecule has 0 radical (unpaired) electrons. The number of cyclic esters (lactones) is 1. The van der Waals surface area contributed by atoms with Crippen molar-refractivity contribution in [3.8, 4) is 11.1 Å². The predicted octanol–water partition coefficient (Wildman–Crippen LogP) is 5.25. The van der Waals surface area contributed by atoms with Crippen LogP contribution in [0.2, 0.25) is 0 Å².